The molecular weight excluding hydrogens is 217 g/mol. The van der Waals surface area contributed by atoms with Crippen LogP contribution in [0.4, 0.5) is 0 Å². The largest absolute Gasteiger partial charge is 0.358 e. The minimum atomic E-state index is 0.562. The number of H-pyrrole nitrogens is 1. The van der Waals surface area contributed by atoms with Crippen molar-refractivity contribution in [1.29, 1.82) is 0 Å². The van der Waals surface area contributed by atoms with Gasteiger partial charge in [-0.3, -0.25) is 0 Å². The Balaban J connectivity index is 0.000000771. The zero-order valence-corrected chi connectivity index (χ0v) is 12.6. The number of aromatic amines is 1. The fourth-order valence-corrected chi connectivity index (χ4v) is 2.15. The number of hydrogen-bond acceptors (Lipinski definition) is 0. The number of fused-ring (bicyclic) bond motifs is 1. The second-order valence-corrected chi connectivity index (χ2v) is 4.66. The number of nitrogens with one attached hydrogen (secondary N) is 1. The lowest BCUT2D eigenvalue weighted by Gasteiger charge is -2.05. The summed E-state index contributed by atoms with van der Waals surface area (Å²) >= 11 is 0. The van der Waals surface area contributed by atoms with E-state index < -0.39 is 0 Å². The van der Waals surface area contributed by atoms with Gasteiger partial charge in [-0.25, -0.2) is 0 Å². The van der Waals surface area contributed by atoms with Crippen LogP contribution in [-0.4, -0.2) is 12.3 Å². The third kappa shape index (κ3) is 2.98. The Kier molecular flexibility index (Phi) is 5.52. The van der Waals surface area contributed by atoms with Crippen LogP contribution in [0.15, 0.2) is 18.2 Å². The lowest BCUT2D eigenvalue weighted by molar-refractivity contribution is 0.836. The Morgan fingerprint density at radius 1 is 1.17 bits per heavy atom. The second kappa shape index (κ2) is 6.68. The molecule has 0 aliphatic carbocycles. The van der Waals surface area contributed by atoms with E-state index in [2.05, 4.69) is 58.1 Å². The zero-order valence-electron chi connectivity index (χ0n) is 12.6. The van der Waals surface area contributed by atoms with Crippen LogP contribution in [0.1, 0.15) is 51.8 Å². The second-order valence-electron chi connectivity index (χ2n) is 4.66. The SMILES string of the molecule is CC.C[B]c1cc2cc(C(C)C)[nH]c2cc1CC. The predicted octanol–water partition coefficient (Wildman–Crippen LogP) is 4.26. The molecule has 0 saturated carbocycles. The molecule has 0 saturated heterocycles. The summed E-state index contributed by atoms with van der Waals surface area (Å²) in [5.74, 6) is 0.562. The average molecular weight is 242 g/mol. The molecule has 2 rings (SSSR count). The van der Waals surface area contributed by atoms with Gasteiger partial charge in [0.2, 0.25) is 0 Å². The van der Waals surface area contributed by atoms with Crippen LogP contribution in [0.3, 0.4) is 0 Å². The molecule has 0 atom stereocenters. The molecule has 1 nitrogen and oxygen atoms in total. The van der Waals surface area contributed by atoms with E-state index in [9.17, 15) is 0 Å². The number of benzene rings is 1. The van der Waals surface area contributed by atoms with Crippen molar-refractivity contribution < 1.29 is 0 Å². The molecule has 2 heteroatoms. The molecule has 1 heterocycles. The van der Waals surface area contributed by atoms with Crippen molar-refractivity contribution in [3.8, 4) is 0 Å². The maximum absolute atomic E-state index is 3.51. The number of aromatic nitrogens is 1. The Morgan fingerprint density at radius 3 is 2.33 bits per heavy atom. The van der Waals surface area contributed by atoms with Crippen LogP contribution in [0.2, 0.25) is 6.82 Å². The summed E-state index contributed by atoms with van der Waals surface area (Å²) < 4.78 is 0. The van der Waals surface area contributed by atoms with Gasteiger partial charge in [-0.1, -0.05) is 58.5 Å². The maximum atomic E-state index is 3.51. The van der Waals surface area contributed by atoms with E-state index in [1.54, 1.807) is 0 Å². The molecule has 1 aromatic carbocycles. The molecule has 1 N–H and O–H groups in total. The van der Waals surface area contributed by atoms with Gasteiger partial charge in [-0.15, -0.1) is 0 Å². The van der Waals surface area contributed by atoms with Crippen molar-refractivity contribution in [3.05, 3.63) is 29.5 Å². The number of hydrogen-bond donors (Lipinski definition) is 1. The molecule has 2 aromatic rings. The van der Waals surface area contributed by atoms with E-state index in [-0.39, 0.29) is 0 Å². The summed E-state index contributed by atoms with van der Waals surface area (Å²) in [6, 6.07) is 6.85. The molecule has 0 aliphatic heterocycles. The van der Waals surface area contributed by atoms with Gasteiger partial charge in [-0.05, 0) is 29.9 Å². The topological polar surface area (TPSA) is 15.8 Å². The first kappa shape index (κ1) is 14.9. The van der Waals surface area contributed by atoms with Crippen LogP contribution in [0.25, 0.3) is 10.9 Å². The van der Waals surface area contributed by atoms with E-state index >= 15 is 0 Å². The molecule has 1 aromatic heterocycles. The molecule has 0 unspecified atom stereocenters. The molecule has 0 spiro atoms. The number of rotatable bonds is 3. The molecule has 18 heavy (non-hydrogen) atoms. The van der Waals surface area contributed by atoms with Gasteiger partial charge >= 0.3 is 0 Å². The first-order valence-electron chi connectivity index (χ1n) is 7.10. The zero-order chi connectivity index (χ0) is 13.7. The molecule has 0 amide bonds. The summed E-state index contributed by atoms with van der Waals surface area (Å²) in [5, 5.41) is 1.33. The Hall–Kier alpha value is -1.18. The fraction of sp³-hybridized carbons (Fsp3) is 0.500. The molecule has 0 fully saturated rings. The van der Waals surface area contributed by atoms with E-state index in [1.807, 2.05) is 13.8 Å². The molecule has 0 bridgehead atoms. The van der Waals surface area contributed by atoms with E-state index in [4.69, 9.17) is 0 Å². The van der Waals surface area contributed by atoms with Gasteiger partial charge in [0.05, 0.1) is 0 Å². The quantitative estimate of drug-likeness (QED) is 0.774. The molecule has 97 valence electrons. The Labute approximate surface area is 112 Å². The summed E-state index contributed by atoms with van der Waals surface area (Å²) in [5.41, 5.74) is 5.38. The van der Waals surface area contributed by atoms with Gasteiger partial charge in [0.25, 0.3) is 0 Å². The molecule has 1 radical (unpaired) electrons. The standard InChI is InChI=1S/C14H19BN.C2H6/c1-5-10-7-14-11(6-12(10)15-4)8-13(16-14)9(2)3;1-2/h6-9,16H,5H2,1-4H3;1-2H3. The van der Waals surface area contributed by atoms with Gasteiger partial charge in [0.1, 0.15) is 7.28 Å². The summed E-state index contributed by atoms with van der Waals surface area (Å²) in [6.45, 7) is 12.8. The van der Waals surface area contributed by atoms with Crippen LogP contribution in [0.5, 0.6) is 0 Å². The Morgan fingerprint density at radius 2 is 1.83 bits per heavy atom. The summed E-state index contributed by atoms with van der Waals surface area (Å²) in [7, 11) is 2.19. The van der Waals surface area contributed by atoms with Gasteiger partial charge < -0.3 is 4.98 Å². The highest BCUT2D eigenvalue weighted by Crippen LogP contribution is 2.21. The predicted molar refractivity (Wildman–Crippen MR) is 84.4 cm³/mol. The van der Waals surface area contributed by atoms with E-state index in [0.29, 0.717) is 5.92 Å². The van der Waals surface area contributed by atoms with Crippen LogP contribution in [-0.2, 0) is 6.42 Å². The fourth-order valence-electron chi connectivity index (χ4n) is 2.15. The lowest BCUT2D eigenvalue weighted by Crippen LogP contribution is -2.15. The third-order valence-electron chi connectivity index (χ3n) is 3.22. The number of aryl methyl sites for hydroxylation is 1. The van der Waals surface area contributed by atoms with E-state index in [1.165, 1.54) is 27.6 Å². The summed E-state index contributed by atoms with van der Waals surface area (Å²) in [6.07, 6.45) is 1.09. The van der Waals surface area contributed by atoms with Crippen molar-refractivity contribution >= 4 is 23.6 Å². The van der Waals surface area contributed by atoms with E-state index in [0.717, 1.165) is 6.42 Å². The highest BCUT2D eigenvalue weighted by molar-refractivity contribution is 6.53. The normalized spacial score (nSPS) is 10.4. The van der Waals surface area contributed by atoms with Crippen molar-refractivity contribution in [2.75, 3.05) is 0 Å². The van der Waals surface area contributed by atoms with Crippen LogP contribution < -0.4 is 5.46 Å². The highest BCUT2D eigenvalue weighted by Gasteiger charge is 2.07. The average Bonchev–Trinajstić information content (AvgIpc) is 2.82. The van der Waals surface area contributed by atoms with Gasteiger partial charge in [0.15, 0.2) is 0 Å². The minimum absolute atomic E-state index is 0.562. The van der Waals surface area contributed by atoms with Crippen molar-refractivity contribution in [3.63, 3.8) is 0 Å². The van der Waals surface area contributed by atoms with Gasteiger partial charge in [-0.2, -0.15) is 0 Å². The van der Waals surface area contributed by atoms with Gasteiger partial charge in [0, 0.05) is 11.2 Å². The molecular formula is C16H25BN. The smallest absolute Gasteiger partial charge is 0.148 e. The first-order chi connectivity index (χ1) is 8.65. The lowest BCUT2D eigenvalue weighted by atomic mass is 9.70. The van der Waals surface area contributed by atoms with Crippen molar-refractivity contribution in [2.45, 2.75) is 53.8 Å². The monoisotopic (exact) mass is 242 g/mol. The first-order valence-corrected chi connectivity index (χ1v) is 7.10. The molecule has 0 aliphatic rings. The highest BCUT2D eigenvalue weighted by atomic mass is 14.7. The Bertz CT molecular complexity index is 456. The van der Waals surface area contributed by atoms with Crippen LogP contribution in [0, 0.1) is 0 Å². The maximum Gasteiger partial charge on any atom is 0.148 e. The third-order valence-corrected chi connectivity index (χ3v) is 3.22. The van der Waals surface area contributed by atoms with Crippen molar-refractivity contribution in [2.24, 2.45) is 0 Å². The van der Waals surface area contributed by atoms with Crippen LogP contribution >= 0.6 is 0 Å². The summed E-state index contributed by atoms with van der Waals surface area (Å²) in [4.78, 5) is 3.51. The van der Waals surface area contributed by atoms with Crippen molar-refractivity contribution in [1.82, 2.24) is 4.98 Å². The minimum Gasteiger partial charge on any atom is -0.358 e.